The van der Waals surface area contributed by atoms with Crippen LogP contribution in [-0.2, 0) is 16.6 Å². The maximum absolute atomic E-state index is 14.4. The van der Waals surface area contributed by atoms with E-state index in [1.54, 1.807) is 18.7 Å². The number of hydrogen-bond acceptors (Lipinski definition) is 3. The first-order valence-corrected chi connectivity index (χ1v) is 11.3. The third-order valence-electron chi connectivity index (χ3n) is 7.37. The second-order valence-corrected chi connectivity index (χ2v) is 9.48. The molecule has 2 unspecified atom stereocenters. The van der Waals surface area contributed by atoms with Gasteiger partial charge in [-0.05, 0) is 29.3 Å². The number of nitrogens with zero attached hydrogens (tertiary/aromatic N) is 1. The SMILES string of the molecule is CC1CN(C(=O)[C@@H]2CNC[C@H]2c2ccc(F)cc2F)CC(C)C1(O)c1ccc(C(F)(F)F)cc1.Cl. The van der Waals surface area contributed by atoms with Crippen LogP contribution in [0.1, 0.15) is 36.5 Å². The standard InChI is InChI=1S/C25H27F5N2O2.ClH/c1-14-12-32(13-15(2)24(14,34)16-3-5-17(6-4-16)25(28,29)30)23(33)21-11-31-10-20(21)19-8-7-18(26)9-22(19)27;/h3-9,14-15,20-21,31,34H,10-13H2,1-2H3;1H/t14?,15?,20-,21+,24?;/m0./s1. The Hall–Kier alpha value is -2.23. The summed E-state index contributed by atoms with van der Waals surface area (Å²) in [6.45, 7) is 4.66. The number of alkyl halides is 3. The number of rotatable bonds is 3. The predicted octanol–water partition coefficient (Wildman–Crippen LogP) is 4.71. The molecule has 2 N–H and O–H groups in total. The first-order valence-electron chi connectivity index (χ1n) is 11.3. The van der Waals surface area contributed by atoms with Crippen LogP contribution in [0.4, 0.5) is 22.0 Å². The largest absolute Gasteiger partial charge is 0.416 e. The number of nitrogens with one attached hydrogen (secondary N) is 1. The Morgan fingerprint density at radius 1 is 1.03 bits per heavy atom. The summed E-state index contributed by atoms with van der Waals surface area (Å²) in [6, 6.07) is 7.85. The minimum absolute atomic E-state index is 0. The van der Waals surface area contributed by atoms with E-state index < -0.39 is 52.6 Å². The maximum Gasteiger partial charge on any atom is 0.416 e. The molecule has 0 spiro atoms. The first-order chi connectivity index (χ1) is 15.9. The van der Waals surface area contributed by atoms with E-state index in [-0.39, 0.29) is 37.0 Å². The van der Waals surface area contributed by atoms with Crippen molar-refractivity contribution in [1.82, 2.24) is 10.2 Å². The van der Waals surface area contributed by atoms with E-state index in [1.807, 2.05) is 0 Å². The highest BCUT2D eigenvalue weighted by Gasteiger charge is 2.48. The Balaban J connectivity index is 0.00000342. The molecule has 4 nitrogen and oxygen atoms in total. The number of aliphatic hydroxyl groups is 1. The molecule has 10 heteroatoms. The van der Waals surface area contributed by atoms with Gasteiger partial charge in [0, 0.05) is 50.0 Å². The zero-order valence-electron chi connectivity index (χ0n) is 19.3. The van der Waals surface area contributed by atoms with E-state index in [0.29, 0.717) is 18.7 Å². The molecule has 2 aromatic rings. The summed E-state index contributed by atoms with van der Waals surface area (Å²) in [6.07, 6.45) is -4.47. The van der Waals surface area contributed by atoms with Gasteiger partial charge in [0.25, 0.3) is 0 Å². The summed E-state index contributed by atoms with van der Waals surface area (Å²) in [4.78, 5) is 15.1. The number of hydrogen-bond donors (Lipinski definition) is 2. The summed E-state index contributed by atoms with van der Waals surface area (Å²) >= 11 is 0. The molecule has 2 aromatic carbocycles. The van der Waals surface area contributed by atoms with E-state index in [1.165, 1.54) is 24.3 Å². The van der Waals surface area contributed by atoms with Gasteiger partial charge >= 0.3 is 6.18 Å². The van der Waals surface area contributed by atoms with Crippen molar-refractivity contribution in [2.75, 3.05) is 26.2 Å². The highest BCUT2D eigenvalue weighted by atomic mass is 35.5. The van der Waals surface area contributed by atoms with E-state index in [9.17, 15) is 31.9 Å². The van der Waals surface area contributed by atoms with Crippen molar-refractivity contribution in [3.8, 4) is 0 Å². The number of piperidine rings is 1. The molecular formula is C25H28ClF5N2O2. The van der Waals surface area contributed by atoms with E-state index >= 15 is 0 Å². The van der Waals surface area contributed by atoms with Gasteiger partial charge < -0.3 is 15.3 Å². The Morgan fingerprint density at radius 3 is 2.17 bits per heavy atom. The molecule has 2 heterocycles. The number of benzene rings is 2. The van der Waals surface area contributed by atoms with E-state index in [2.05, 4.69) is 5.32 Å². The molecule has 0 saturated carbocycles. The molecule has 2 aliphatic heterocycles. The van der Waals surface area contributed by atoms with Crippen LogP contribution < -0.4 is 5.32 Å². The average Bonchev–Trinajstić information content (AvgIpc) is 3.25. The summed E-state index contributed by atoms with van der Waals surface area (Å²) in [7, 11) is 0. The Labute approximate surface area is 206 Å². The van der Waals surface area contributed by atoms with Crippen LogP contribution in [0, 0.1) is 29.4 Å². The molecule has 192 valence electrons. The van der Waals surface area contributed by atoms with Crippen molar-refractivity contribution < 1.29 is 31.9 Å². The molecule has 2 saturated heterocycles. The van der Waals surface area contributed by atoms with Crippen molar-refractivity contribution in [3.63, 3.8) is 0 Å². The molecule has 4 rings (SSSR count). The average molecular weight is 519 g/mol. The van der Waals surface area contributed by atoms with Gasteiger partial charge in [0.2, 0.25) is 5.91 Å². The highest BCUT2D eigenvalue weighted by Crippen LogP contribution is 2.43. The van der Waals surface area contributed by atoms with Crippen molar-refractivity contribution in [3.05, 3.63) is 70.8 Å². The lowest BCUT2D eigenvalue weighted by Gasteiger charge is -2.48. The van der Waals surface area contributed by atoms with Gasteiger partial charge in [-0.25, -0.2) is 8.78 Å². The van der Waals surface area contributed by atoms with Gasteiger partial charge in [0.1, 0.15) is 11.6 Å². The van der Waals surface area contributed by atoms with E-state index in [4.69, 9.17) is 0 Å². The molecule has 4 atom stereocenters. The van der Waals surface area contributed by atoms with Crippen LogP contribution in [-0.4, -0.2) is 42.1 Å². The smallest absolute Gasteiger partial charge is 0.384 e. The van der Waals surface area contributed by atoms with Gasteiger partial charge in [0.05, 0.1) is 17.1 Å². The van der Waals surface area contributed by atoms with Crippen LogP contribution in [0.2, 0.25) is 0 Å². The van der Waals surface area contributed by atoms with E-state index in [0.717, 1.165) is 18.2 Å². The van der Waals surface area contributed by atoms with Crippen LogP contribution in [0.5, 0.6) is 0 Å². The van der Waals surface area contributed by atoms with Crippen molar-refractivity contribution in [2.24, 2.45) is 17.8 Å². The molecule has 0 radical (unpaired) electrons. The molecule has 0 aliphatic carbocycles. The number of amides is 1. The number of likely N-dealkylation sites (tertiary alicyclic amines) is 1. The van der Waals surface area contributed by atoms with Crippen molar-refractivity contribution in [2.45, 2.75) is 31.5 Å². The second kappa shape index (κ2) is 10.0. The van der Waals surface area contributed by atoms with Gasteiger partial charge in [-0.1, -0.05) is 32.0 Å². The summed E-state index contributed by atoms with van der Waals surface area (Å²) < 4.78 is 66.6. The van der Waals surface area contributed by atoms with Crippen LogP contribution in [0.15, 0.2) is 42.5 Å². The third-order valence-corrected chi connectivity index (χ3v) is 7.37. The summed E-state index contributed by atoms with van der Waals surface area (Å²) in [5.41, 5.74) is -1.54. The minimum Gasteiger partial charge on any atom is -0.384 e. The van der Waals surface area contributed by atoms with Gasteiger partial charge in [0.15, 0.2) is 0 Å². The second-order valence-electron chi connectivity index (χ2n) is 9.48. The quantitative estimate of drug-likeness (QED) is 0.579. The van der Waals surface area contributed by atoms with Crippen LogP contribution in [0.25, 0.3) is 0 Å². The maximum atomic E-state index is 14.4. The first kappa shape index (κ1) is 27.4. The van der Waals surface area contributed by atoms with Gasteiger partial charge in [-0.2, -0.15) is 13.2 Å². The number of carbonyl (C=O) groups excluding carboxylic acids is 1. The molecule has 2 aliphatic rings. The van der Waals surface area contributed by atoms with Crippen LogP contribution in [0.3, 0.4) is 0 Å². The Bertz CT molecular complexity index is 1050. The predicted molar refractivity (Wildman–Crippen MR) is 123 cm³/mol. The fraction of sp³-hybridized carbons (Fsp3) is 0.480. The van der Waals surface area contributed by atoms with Gasteiger partial charge in [-0.3, -0.25) is 4.79 Å². The lowest BCUT2D eigenvalue weighted by Crippen LogP contribution is -2.57. The normalized spacial score (nSPS) is 29.1. The minimum atomic E-state index is -4.47. The molecule has 1 amide bonds. The molecular weight excluding hydrogens is 491 g/mol. The van der Waals surface area contributed by atoms with Crippen LogP contribution >= 0.6 is 12.4 Å². The van der Waals surface area contributed by atoms with Crippen molar-refractivity contribution >= 4 is 18.3 Å². The summed E-state index contributed by atoms with van der Waals surface area (Å²) in [5, 5.41) is 14.6. The number of carbonyl (C=O) groups is 1. The molecule has 0 aromatic heterocycles. The topological polar surface area (TPSA) is 52.6 Å². The van der Waals surface area contributed by atoms with Gasteiger partial charge in [-0.15, -0.1) is 12.4 Å². The lowest BCUT2D eigenvalue weighted by atomic mass is 9.70. The zero-order valence-corrected chi connectivity index (χ0v) is 20.1. The highest BCUT2D eigenvalue weighted by molar-refractivity contribution is 5.85. The zero-order chi connectivity index (χ0) is 24.8. The molecule has 35 heavy (non-hydrogen) atoms. The lowest BCUT2D eigenvalue weighted by molar-refractivity contribution is -0.152. The Morgan fingerprint density at radius 2 is 1.63 bits per heavy atom. The third kappa shape index (κ3) is 5.04. The molecule has 2 fully saturated rings. The number of halogens is 6. The Kier molecular flexibility index (Phi) is 7.84. The summed E-state index contributed by atoms with van der Waals surface area (Å²) in [5.74, 6) is -3.46. The fourth-order valence-corrected chi connectivity index (χ4v) is 5.48. The molecule has 0 bridgehead atoms. The monoisotopic (exact) mass is 518 g/mol. The fourth-order valence-electron chi connectivity index (χ4n) is 5.48. The van der Waals surface area contributed by atoms with Crippen molar-refractivity contribution in [1.29, 1.82) is 0 Å².